The van der Waals surface area contributed by atoms with Crippen molar-refractivity contribution in [2.24, 2.45) is 17.8 Å². The number of halogens is 1. The number of Topliss-reactive ketones (excluding diaryl/α,β-unsaturated/α-hetero) is 2. The van der Waals surface area contributed by atoms with Crippen LogP contribution in [0.2, 0.25) is 0 Å². The SMILES string of the molecule is COC1CCC(C(=O)C2CCN(C(=O)c3ccc(C(=O)CC4CCN(Cc5ccc(N6CCCC6)cc5)C[C@H]4F)cc3)CC2)CC1. The third-order valence-electron chi connectivity index (χ3n) is 11.1. The van der Waals surface area contributed by atoms with Crippen LogP contribution >= 0.6 is 0 Å². The van der Waals surface area contributed by atoms with Gasteiger partial charge in [0.2, 0.25) is 0 Å². The molecule has 3 saturated heterocycles. The maximum Gasteiger partial charge on any atom is 0.253 e. The summed E-state index contributed by atoms with van der Waals surface area (Å²) in [5.41, 5.74) is 3.53. The smallest absolute Gasteiger partial charge is 0.253 e. The zero-order chi connectivity index (χ0) is 32.0. The number of hydrogen-bond acceptors (Lipinski definition) is 6. The Morgan fingerprint density at radius 1 is 0.761 bits per heavy atom. The summed E-state index contributed by atoms with van der Waals surface area (Å²) in [5, 5.41) is 0. The number of alkyl halides is 1. The lowest BCUT2D eigenvalue weighted by Gasteiger charge is -2.34. The van der Waals surface area contributed by atoms with Crippen molar-refractivity contribution in [3.05, 3.63) is 65.2 Å². The normalized spacial score (nSPS) is 26.3. The van der Waals surface area contributed by atoms with Gasteiger partial charge in [-0.1, -0.05) is 24.3 Å². The largest absolute Gasteiger partial charge is 0.381 e. The van der Waals surface area contributed by atoms with Gasteiger partial charge < -0.3 is 14.5 Å². The van der Waals surface area contributed by atoms with Gasteiger partial charge in [0.1, 0.15) is 12.0 Å². The molecule has 8 heteroatoms. The summed E-state index contributed by atoms with van der Waals surface area (Å²) in [5.74, 6) is 0.107. The Balaban J connectivity index is 0.934. The molecule has 3 aliphatic heterocycles. The highest BCUT2D eigenvalue weighted by atomic mass is 19.1. The molecule has 3 heterocycles. The minimum Gasteiger partial charge on any atom is -0.381 e. The number of carbonyl (C=O) groups excluding carboxylic acids is 3. The van der Waals surface area contributed by atoms with E-state index < -0.39 is 6.17 Å². The highest BCUT2D eigenvalue weighted by Crippen LogP contribution is 2.32. The first-order valence-electron chi connectivity index (χ1n) is 17.6. The molecular formula is C38H50FN3O4. The van der Waals surface area contributed by atoms with Crippen molar-refractivity contribution in [2.75, 3.05) is 51.3 Å². The minimum atomic E-state index is -1.04. The molecule has 0 N–H and O–H groups in total. The lowest BCUT2D eigenvalue weighted by Crippen LogP contribution is -2.42. The van der Waals surface area contributed by atoms with Crippen LogP contribution in [0.1, 0.15) is 90.5 Å². The molecule has 2 atom stereocenters. The fourth-order valence-electron chi connectivity index (χ4n) is 8.06. The summed E-state index contributed by atoms with van der Waals surface area (Å²) in [7, 11) is 1.74. The van der Waals surface area contributed by atoms with E-state index >= 15 is 4.39 Å². The van der Waals surface area contributed by atoms with E-state index in [1.165, 1.54) is 24.1 Å². The second-order valence-corrected chi connectivity index (χ2v) is 14.0. The van der Waals surface area contributed by atoms with Gasteiger partial charge in [0.25, 0.3) is 5.91 Å². The maximum atomic E-state index is 15.3. The number of likely N-dealkylation sites (tertiary alicyclic amines) is 2. The fourth-order valence-corrected chi connectivity index (χ4v) is 8.06. The summed E-state index contributed by atoms with van der Waals surface area (Å²) in [6.45, 7) is 5.23. The van der Waals surface area contributed by atoms with Gasteiger partial charge >= 0.3 is 0 Å². The molecule has 7 nitrogen and oxygen atoms in total. The summed E-state index contributed by atoms with van der Waals surface area (Å²) >= 11 is 0. The third-order valence-corrected chi connectivity index (χ3v) is 11.1. The molecule has 1 amide bonds. The van der Waals surface area contributed by atoms with E-state index in [2.05, 4.69) is 34.1 Å². The number of amides is 1. The quantitative estimate of drug-likeness (QED) is 0.285. The molecule has 248 valence electrons. The molecule has 1 saturated carbocycles. The Bertz CT molecular complexity index is 1330. The van der Waals surface area contributed by atoms with Crippen LogP contribution < -0.4 is 4.90 Å². The topological polar surface area (TPSA) is 70.2 Å². The number of benzene rings is 2. The monoisotopic (exact) mass is 631 g/mol. The summed E-state index contributed by atoms with van der Waals surface area (Å²) in [6.07, 6.45) is 7.70. The van der Waals surface area contributed by atoms with Crippen molar-refractivity contribution in [1.82, 2.24) is 9.80 Å². The molecule has 4 aliphatic rings. The van der Waals surface area contributed by atoms with Crippen molar-refractivity contribution in [1.29, 1.82) is 0 Å². The summed E-state index contributed by atoms with van der Waals surface area (Å²) in [6, 6.07) is 15.5. The Hall–Kier alpha value is -3.10. The summed E-state index contributed by atoms with van der Waals surface area (Å²) in [4.78, 5) is 45.8. The number of anilines is 1. The first-order valence-corrected chi connectivity index (χ1v) is 17.6. The first-order chi connectivity index (χ1) is 22.4. The van der Waals surface area contributed by atoms with Crippen LogP contribution in [-0.4, -0.2) is 85.9 Å². The standard InChI is InChI=1S/C38H50FN3O4/c1-46-34-14-10-29(11-15-34)37(44)30-17-22-42(23-18-30)38(45)31-8-6-28(7-9-31)36(43)24-32-16-21-40(26-35(32)39)25-27-4-12-33(13-5-27)41-19-2-3-20-41/h4-9,12-13,29-30,32,34-35H,2-3,10-11,14-26H2,1H3/t29?,32?,34?,35-/m1/s1. The maximum absolute atomic E-state index is 15.3. The number of carbonyl (C=O) groups is 3. The average Bonchev–Trinajstić information content (AvgIpc) is 3.65. The van der Waals surface area contributed by atoms with Crippen LogP contribution in [0, 0.1) is 17.8 Å². The van der Waals surface area contributed by atoms with Crippen LogP contribution in [0.5, 0.6) is 0 Å². The third kappa shape index (κ3) is 7.88. The number of ketones is 2. The van der Waals surface area contributed by atoms with Crippen LogP contribution in [-0.2, 0) is 16.1 Å². The molecule has 0 spiro atoms. The van der Waals surface area contributed by atoms with E-state index in [4.69, 9.17) is 4.74 Å². The lowest BCUT2D eigenvalue weighted by molar-refractivity contribution is -0.129. The molecule has 1 unspecified atom stereocenters. The van der Waals surface area contributed by atoms with E-state index in [0.29, 0.717) is 55.8 Å². The molecule has 6 rings (SSSR count). The molecule has 2 aromatic rings. The highest BCUT2D eigenvalue weighted by Gasteiger charge is 2.34. The van der Waals surface area contributed by atoms with Gasteiger partial charge in [-0.3, -0.25) is 19.3 Å². The van der Waals surface area contributed by atoms with Gasteiger partial charge in [-0.15, -0.1) is 0 Å². The molecule has 46 heavy (non-hydrogen) atoms. The predicted octanol–water partition coefficient (Wildman–Crippen LogP) is 6.35. The molecular weight excluding hydrogens is 581 g/mol. The number of ether oxygens (including phenoxy) is 1. The molecule has 4 fully saturated rings. The predicted molar refractivity (Wildman–Crippen MR) is 178 cm³/mol. The Morgan fingerprint density at radius 2 is 1.39 bits per heavy atom. The van der Waals surface area contributed by atoms with Gasteiger partial charge in [-0.25, -0.2) is 4.39 Å². The number of methoxy groups -OCH3 is 1. The minimum absolute atomic E-state index is 0.0329. The van der Waals surface area contributed by atoms with Crippen molar-refractivity contribution in [2.45, 2.75) is 83.0 Å². The Kier molecular flexibility index (Phi) is 10.8. The zero-order valence-electron chi connectivity index (χ0n) is 27.4. The zero-order valence-corrected chi connectivity index (χ0v) is 27.4. The van der Waals surface area contributed by atoms with Gasteiger partial charge in [0.05, 0.1) is 6.10 Å². The van der Waals surface area contributed by atoms with Crippen molar-refractivity contribution in [3.8, 4) is 0 Å². The Labute approximate surface area is 273 Å². The number of piperidine rings is 2. The number of rotatable bonds is 10. The average molecular weight is 632 g/mol. The van der Waals surface area contributed by atoms with Crippen molar-refractivity contribution < 1.29 is 23.5 Å². The first kappa shape index (κ1) is 32.8. The van der Waals surface area contributed by atoms with E-state index in [1.54, 1.807) is 31.4 Å². The summed E-state index contributed by atoms with van der Waals surface area (Å²) < 4.78 is 20.7. The van der Waals surface area contributed by atoms with E-state index in [-0.39, 0.29) is 42.0 Å². The van der Waals surface area contributed by atoms with Gasteiger partial charge in [-0.2, -0.15) is 0 Å². The van der Waals surface area contributed by atoms with Crippen molar-refractivity contribution in [3.63, 3.8) is 0 Å². The lowest BCUT2D eigenvalue weighted by atomic mass is 9.78. The van der Waals surface area contributed by atoms with Crippen LogP contribution in [0.4, 0.5) is 10.1 Å². The second-order valence-electron chi connectivity index (χ2n) is 14.0. The van der Waals surface area contributed by atoms with Gasteiger partial charge in [-0.05, 0) is 100 Å². The van der Waals surface area contributed by atoms with Crippen LogP contribution in [0.25, 0.3) is 0 Å². The van der Waals surface area contributed by atoms with Crippen LogP contribution in [0.3, 0.4) is 0 Å². The molecule has 0 radical (unpaired) electrons. The molecule has 0 bridgehead atoms. The molecule has 2 aromatic carbocycles. The number of nitrogens with zero attached hydrogens (tertiary/aromatic N) is 3. The second kappa shape index (κ2) is 15.2. The van der Waals surface area contributed by atoms with E-state index in [0.717, 1.165) is 51.9 Å². The van der Waals surface area contributed by atoms with Crippen LogP contribution in [0.15, 0.2) is 48.5 Å². The van der Waals surface area contributed by atoms with Gasteiger partial charge in [0, 0.05) is 81.4 Å². The fraction of sp³-hybridized carbons (Fsp3) is 0.605. The molecule has 1 aliphatic carbocycles. The highest BCUT2D eigenvalue weighted by molar-refractivity contribution is 5.99. The van der Waals surface area contributed by atoms with E-state index in [1.807, 2.05) is 4.90 Å². The Morgan fingerprint density at radius 3 is 2.02 bits per heavy atom. The van der Waals surface area contributed by atoms with E-state index in [9.17, 15) is 14.4 Å². The number of hydrogen-bond donors (Lipinski definition) is 0. The van der Waals surface area contributed by atoms with Gasteiger partial charge in [0.15, 0.2) is 5.78 Å². The molecule has 0 aromatic heterocycles. The van der Waals surface area contributed by atoms with Crippen molar-refractivity contribution >= 4 is 23.2 Å².